The fourth-order valence-electron chi connectivity index (χ4n) is 1.54. The number of alkyl halides is 2. The molecule has 0 aliphatic carbocycles. The van der Waals surface area contributed by atoms with Crippen LogP contribution in [0.15, 0.2) is 18.8 Å². The van der Waals surface area contributed by atoms with Gasteiger partial charge in [-0.2, -0.15) is 0 Å². The Morgan fingerprint density at radius 1 is 1.53 bits per heavy atom. The number of ether oxygens (including phenoxy) is 1. The van der Waals surface area contributed by atoms with Crippen LogP contribution in [0.4, 0.5) is 8.78 Å². The molecule has 2 nitrogen and oxygen atoms in total. The Balaban J connectivity index is 3.02. The average Bonchev–Trinajstić information content (AvgIpc) is 2.24. The molecule has 94 valence electrons. The van der Waals surface area contributed by atoms with E-state index in [0.29, 0.717) is 0 Å². The molecule has 1 rings (SSSR count). The Kier molecular flexibility index (Phi) is 4.21. The second-order valence-electron chi connectivity index (χ2n) is 4.14. The molecule has 0 aromatic carbocycles. The molecule has 0 saturated heterocycles. The first kappa shape index (κ1) is 13.6. The zero-order chi connectivity index (χ0) is 13.1. The average molecular weight is 241 g/mol. The molecule has 0 aliphatic heterocycles. The first-order valence-corrected chi connectivity index (χ1v) is 5.49. The van der Waals surface area contributed by atoms with Gasteiger partial charge in [-0.05, 0) is 30.5 Å². The van der Waals surface area contributed by atoms with Crippen LogP contribution < -0.4 is 4.74 Å². The lowest BCUT2D eigenvalue weighted by Gasteiger charge is -2.16. The molecule has 1 aromatic heterocycles. The SMILES string of the molecule is C=C(C)c1c(CC)ccnc1OCC(C)(F)F. The number of hydrogen-bond acceptors (Lipinski definition) is 2. The molecule has 0 N–H and O–H groups in total. The van der Waals surface area contributed by atoms with E-state index in [2.05, 4.69) is 11.6 Å². The maximum absolute atomic E-state index is 12.7. The number of aryl methyl sites for hydroxylation is 1. The van der Waals surface area contributed by atoms with Gasteiger partial charge in [0.15, 0.2) is 6.61 Å². The zero-order valence-electron chi connectivity index (χ0n) is 10.4. The Bertz CT molecular complexity index is 410. The Hall–Kier alpha value is -1.45. The van der Waals surface area contributed by atoms with Crippen molar-refractivity contribution < 1.29 is 13.5 Å². The number of rotatable bonds is 5. The Labute approximate surface area is 100 Å². The van der Waals surface area contributed by atoms with Crippen LogP contribution >= 0.6 is 0 Å². The van der Waals surface area contributed by atoms with E-state index in [1.165, 1.54) is 0 Å². The number of allylic oxidation sites excluding steroid dienone is 1. The van der Waals surface area contributed by atoms with Crippen molar-refractivity contribution in [2.45, 2.75) is 33.1 Å². The topological polar surface area (TPSA) is 22.1 Å². The van der Waals surface area contributed by atoms with E-state index in [4.69, 9.17) is 4.74 Å². The molecule has 0 amide bonds. The van der Waals surface area contributed by atoms with E-state index < -0.39 is 12.5 Å². The van der Waals surface area contributed by atoms with Crippen LogP contribution in [-0.4, -0.2) is 17.5 Å². The van der Waals surface area contributed by atoms with Crippen molar-refractivity contribution in [2.75, 3.05) is 6.61 Å². The van der Waals surface area contributed by atoms with Crippen molar-refractivity contribution in [2.24, 2.45) is 0 Å². The molecular formula is C13H17F2NO. The van der Waals surface area contributed by atoms with E-state index in [9.17, 15) is 8.78 Å². The first-order chi connectivity index (χ1) is 7.85. The van der Waals surface area contributed by atoms with Gasteiger partial charge in [0.05, 0.1) is 0 Å². The molecule has 0 aliphatic rings. The minimum Gasteiger partial charge on any atom is -0.471 e. The third kappa shape index (κ3) is 3.80. The smallest absolute Gasteiger partial charge is 0.278 e. The van der Waals surface area contributed by atoms with Crippen LogP contribution in [0.2, 0.25) is 0 Å². The molecule has 0 unspecified atom stereocenters. The molecular weight excluding hydrogens is 224 g/mol. The fourth-order valence-corrected chi connectivity index (χ4v) is 1.54. The molecule has 17 heavy (non-hydrogen) atoms. The second kappa shape index (κ2) is 5.25. The summed E-state index contributed by atoms with van der Waals surface area (Å²) >= 11 is 0. The largest absolute Gasteiger partial charge is 0.471 e. The maximum atomic E-state index is 12.7. The monoisotopic (exact) mass is 241 g/mol. The summed E-state index contributed by atoms with van der Waals surface area (Å²) in [7, 11) is 0. The highest BCUT2D eigenvalue weighted by Gasteiger charge is 2.23. The zero-order valence-corrected chi connectivity index (χ0v) is 10.4. The Morgan fingerprint density at radius 3 is 2.65 bits per heavy atom. The van der Waals surface area contributed by atoms with Crippen molar-refractivity contribution in [1.82, 2.24) is 4.98 Å². The van der Waals surface area contributed by atoms with Crippen LogP contribution in [0.1, 0.15) is 31.9 Å². The van der Waals surface area contributed by atoms with Gasteiger partial charge >= 0.3 is 0 Å². The van der Waals surface area contributed by atoms with Crippen LogP contribution in [0.25, 0.3) is 5.57 Å². The Morgan fingerprint density at radius 2 is 2.18 bits per heavy atom. The number of pyridine rings is 1. The van der Waals surface area contributed by atoms with Gasteiger partial charge in [-0.1, -0.05) is 13.5 Å². The van der Waals surface area contributed by atoms with E-state index in [1.807, 2.05) is 19.9 Å². The number of aromatic nitrogens is 1. The third-order valence-electron chi connectivity index (χ3n) is 2.27. The molecule has 0 atom stereocenters. The summed E-state index contributed by atoms with van der Waals surface area (Å²) in [5.74, 6) is -2.63. The van der Waals surface area contributed by atoms with Gasteiger partial charge < -0.3 is 4.74 Å². The molecule has 4 heteroatoms. The summed E-state index contributed by atoms with van der Waals surface area (Å²) in [4.78, 5) is 4.00. The quantitative estimate of drug-likeness (QED) is 0.784. The van der Waals surface area contributed by atoms with Crippen molar-refractivity contribution in [3.63, 3.8) is 0 Å². The summed E-state index contributed by atoms with van der Waals surface area (Å²) in [5.41, 5.74) is 2.51. The van der Waals surface area contributed by atoms with E-state index in [0.717, 1.165) is 30.0 Å². The lowest BCUT2D eigenvalue weighted by Crippen LogP contribution is -2.21. The standard InChI is InChI=1S/C13H17F2NO/c1-5-10-6-7-16-12(11(10)9(2)3)17-8-13(4,14)15/h6-7H,2,5,8H2,1,3-4H3. The van der Waals surface area contributed by atoms with Crippen LogP contribution in [0, 0.1) is 0 Å². The third-order valence-corrected chi connectivity index (χ3v) is 2.27. The predicted molar refractivity (Wildman–Crippen MR) is 64.4 cm³/mol. The molecule has 1 heterocycles. The van der Waals surface area contributed by atoms with E-state index >= 15 is 0 Å². The lowest BCUT2D eigenvalue weighted by atomic mass is 10.0. The summed E-state index contributed by atoms with van der Waals surface area (Å²) in [6.07, 6.45) is 2.35. The number of hydrogen-bond donors (Lipinski definition) is 0. The van der Waals surface area contributed by atoms with Gasteiger partial charge in [-0.3, -0.25) is 0 Å². The minimum absolute atomic E-state index is 0.235. The molecule has 1 aromatic rings. The molecule has 0 radical (unpaired) electrons. The first-order valence-electron chi connectivity index (χ1n) is 5.49. The van der Waals surface area contributed by atoms with Crippen LogP contribution in [0.5, 0.6) is 5.88 Å². The lowest BCUT2D eigenvalue weighted by molar-refractivity contribution is -0.0243. The van der Waals surface area contributed by atoms with Crippen LogP contribution in [0.3, 0.4) is 0 Å². The highest BCUT2D eigenvalue weighted by Crippen LogP contribution is 2.27. The van der Waals surface area contributed by atoms with Crippen molar-refractivity contribution in [3.8, 4) is 5.88 Å². The second-order valence-corrected chi connectivity index (χ2v) is 4.14. The molecule has 0 bridgehead atoms. The normalized spacial score (nSPS) is 11.4. The molecule has 0 saturated carbocycles. The van der Waals surface area contributed by atoms with Crippen molar-refractivity contribution in [3.05, 3.63) is 30.0 Å². The summed E-state index contributed by atoms with van der Waals surface area (Å²) in [6, 6.07) is 1.85. The summed E-state index contributed by atoms with van der Waals surface area (Å²) < 4.78 is 30.6. The van der Waals surface area contributed by atoms with Crippen molar-refractivity contribution in [1.29, 1.82) is 0 Å². The van der Waals surface area contributed by atoms with Crippen LogP contribution in [-0.2, 0) is 6.42 Å². The predicted octanol–water partition coefficient (Wildman–Crippen LogP) is 3.71. The molecule has 0 fully saturated rings. The van der Waals surface area contributed by atoms with Gasteiger partial charge in [0.1, 0.15) is 0 Å². The van der Waals surface area contributed by atoms with E-state index in [-0.39, 0.29) is 5.88 Å². The van der Waals surface area contributed by atoms with Gasteiger partial charge in [-0.25, -0.2) is 13.8 Å². The minimum atomic E-state index is -2.86. The van der Waals surface area contributed by atoms with Gasteiger partial charge in [0.2, 0.25) is 5.88 Å². The summed E-state index contributed by atoms with van der Waals surface area (Å²) in [5, 5.41) is 0. The molecule has 0 spiro atoms. The van der Waals surface area contributed by atoms with Gasteiger partial charge in [-0.15, -0.1) is 0 Å². The van der Waals surface area contributed by atoms with E-state index in [1.54, 1.807) is 6.20 Å². The number of halogens is 2. The van der Waals surface area contributed by atoms with Gasteiger partial charge in [0.25, 0.3) is 5.92 Å². The van der Waals surface area contributed by atoms with Crippen molar-refractivity contribution >= 4 is 5.57 Å². The number of nitrogens with zero attached hydrogens (tertiary/aromatic N) is 1. The highest BCUT2D eigenvalue weighted by atomic mass is 19.3. The van der Waals surface area contributed by atoms with Gasteiger partial charge in [0, 0.05) is 18.7 Å². The fraction of sp³-hybridized carbons (Fsp3) is 0.462. The maximum Gasteiger partial charge on any atom is 0.278 e. The highest BCUT2D eigenvalue weighted by molar-refractivity contribution is 5.68. The summed E-state index contributed by atoms with van der Waals surface area (Å²) in [6.45, 7) is 7.77.